The van der Waals surface area contributed by atoms with Crippen molar-refractivity contribution >= 4 is 17.3 Å². The zero-order valence-corrected chi connectivity index (χ0v) is 15.5. The normalized spacial score (nSPS) is 13.8. The summed E-state index contributed by atoms with van der Waals surface area (Å²) in [6, 6.07) is 7.31. The molecule has 0 radical (unpaired) electrons. The molecule has 5 heteroatoms. The summed E-state index contributed by atoms with van der Waals surface area (Å²) >= 11 is 1.47. The fourth-order valence-corrected chi connectivity index (χ4v) is 4.33. The Morgan fingerprint density at radius 2 is 1.92 bits per heavy atom. The van der Waals surface area contributed by atoms with E-state index < -0.39 is 11.6 Å². The van der Waals surface area contributed by atoms with Gasteiger partial charge in [0, 0.05) is 4.88 Å². The lowest BCUT2D eigenvalue weighted by atomic mass is 9.90. The maximum absolute atomic E-state index is 12.2. The van der Waals surface area contributed by atoms with Crippen molar-refractivity contribution in [1.29, 1.82) is 5.26 Å². The van der Waals surface area contributed by atoms with Crippen LogP contribution in [0.1, 0.15) is 60.0 Å². The minimum atomic E-state index is -0.614. The minimum absolute atomic E-state index is 0.0942. The first-order chi connectivity index (χ1) is 11.8. The number of esters is 1. The number of fused-ring (bicyclic) bond motifs is 1. The summed E-state index contributed by atoms with van der Waals surface area (Å²) in [4.78, 5) is 14.0. The van der Waals surface area contributed by atoms with E-state index in [0.29, 0.717) is 0 Å². The maximum Gasteiger partial charge on any atom is 0.342 e. The van der Waals surface area contributed by atoms with Gasteiger partial charge in [-0.1, -0.05) is 6.07 Å². The molecule has 0 fully saturated rings. The average Bonchev–Trinajstić information content (AvgIpc) is 2.92. The molecular weight excluding hydrogens is 334 g/mol. The number of nitriles is 1. The Morgan fingerprint density at radius 1 is 1.24 bits per heavy atom. The lowest BCUT2D eigenvalue weighted by Gasteiger charge is -2.20. The number of ether oxygens (including phenoxy) is 1. The number of carbonyl (C=O) groups excluding carboxylic acids is 1. The quantitative estimate of drug-likeness (QED) is 0.784. The summed E-state index contributed by atoms with van der Waals surface area (Å²) in [5.41, 5.74) is 2.76. The average molecular weight is 355 g/mol. The molecule has 0 saturated carbocycles. The Hall–Kier alpha value is -2.32. The molecule has 0 atom stereocenters. The van der Waals surface area contributed by atoms with E-state index in [9.17, 15) is 15.2 Å². The van der Waals surface area contributed by atoms with Gasteiger partial charge in [-0.3, -0.25) is 0 Å². The molecule has 0 amide bonds. The lowest BCUT2D eigenvalue weighted by Crippen LogP contribution is -2.23. The van der Waals surface area contributed by atoms with Gasteiger partial charge in [0.2, 0.25) is 0 Å². The van der Waals surface area contributed by atoms with Crippen molar-refractivity contribution in [1.82, 2.24) is 0 Å². The molecule has 0 spiro atoms. The van der Waals surface area contributed by atoms with Crippen molar-refractivity contribution in [2.75, 3.05) is 0 Å². The Bertz CT molecular complexity index is 868. The first kappa shape index (κ1) is 17.5. The standard InChI is InChI=1S/C20H21NO3S/c1-20(2,3)24-19(23)15-9-8-12(10-16(15)22)18-14-7-5-4-6-13(14)17(11-21)25-18/h8-10,22H,4-7H2,1-3H3. The van der Waals surface area contributed by atoms with E-state index in [-0.39, 0.29) is 11.3 Å². The van der Waals surface area contributed by atoms with Crippen LogP contribution in [0.4, 0.5) is 0 Å². The molecule has 1 heterocycles. The highest BCUT2D eigenvalue weighted by molar-refractivity contribution is 7.16. The van der Waals surface area contributed by atoms with Crippen LogP contribution in [0.15, 0.2) is 18.2 Å². The van der Waals surface area contributed by atoms with Crippen molar-refractivity contribution in [3.8, 4) is 22.3 Å². The van der Waals surface area contributed by atoms with Crippen molar-refractivity contribution in [3.05, 3.63) is 39.8 Å². The molecule has 2 aromatic rings. The van der Waals surface area contributed by atoms with E-state index in [1.807, 2.05) is 6.07 Å². The summed E-state index contributed by atoms with van der Waals surface area (Å²) in [5, 5.41) is 19.7. The molecule has 0 saturated heterocycles. The van der Waals surface area contributed by atoms with Gasteiger partial charge in [0.25, 0.3) is 0 Å². The van der Waals surface area contributed by atoms with E-state index >= 15 is 0 Å². The number of hydrogen-bond donors (Lipinski definition) is 1. The number of phenolic OH excluding ortho intramolecular Hbond substituents is 1. The Labute approximate surface area is 151 Å². The predicted octanol–water partition coefficient (Wildman–Crippen LogP) is 4.83. The molecule has 1 aromatic heterocycles. The topological polar surface area (TPSA) is 70.3 Å². The first-order valence-corrected chi connectivity index (χ1v) is 9.23. The molecule has 0 bridgehead atoms. The Kier molecular flexibility index (Phi) is 4.57. The number of carbonyl (C=O) groups is 1. The zero-order valence-electron chi connectivity index (χ0n) is 14.7. The minimum Gasteiger partial charge on any atom is -0.507 e. The molecule has 25 heavy (non-hydrogen) atoms. The van der Waals surface area contributed by atoms with Gasteiger partial charge in [0.1, 0.15) is 27.9 Å². The van der Waals surface area contributed by atoms with Crippen LogP contribution in [-0.2, 0) is 17.6 Å². The first-order valence-electron chi connectivity index (χ1n) is 8.41. The number of thiophene rings is 1. The largest absolute Gasteiger partial charge is 0.507 e. The van der Waals surface area contributed by atoms with Crippen molar-refractivity contribution in [3.63, 3.8) is 0 Å². The summed E-state index contributed by atoms with van der Waals surface area (Å²) < 4.78 is 5.32. The fraction of sp³-hybridized carbons (Fsp3) is 0.400. The maximum atomic E-state index is 12.2. The van der Waals surface area contributed by atoms with Crippen LogP contribution in [0.2, 0.25) is 0 Å². The SMILES string of the molecule is CC(C)(C)OC(=O)c1ccc(-c2sc(C#N)c3c2CCCC3)cc1O. The highest BCUT2D eigenvalue weighted by atomic mass is 32.1. The highest BCUT2D eigenvalue weighted by Gasteiger charge is 2.24. The van der Waals surface area contributed by atoms with E-state index in [4.69, 9.17) is 4.74 Å². The number of aromatic hydroxyl groups is 1. The van der Waals surface area contributed by atoms with Gasteiger partial charge < -0.3 is 9.84 Å². The summed E-state index contributed by atoms with van der Waals surface area (Å²) in [7, 11) is 0. The molecule has 130 valence electrons. The number of hydrogen-bond acceptors (Lipinski definition) is 5. The van der Waals surface area contributed by atoms with E-state index in [1.54, 1.807) is 32.9 Å². The third kappa shape index (κ3) is 3.54. The Balaban J connectivity index is 1.98. The molecule has 1 N–H and O–H groups in total. The van der Waals surface area contributed by atoms with Crippen LogP contribution in [-0.4, -0.2) is 16.7 Å². The Morgan fingerprint density at radius 3 is 2.52 bits per heavy atom. The van der Waals surface area contributed by atoms with Crippen LogP contribution in [0.5, 0.6) is 5.75 Å². The van der Waals surface area contributed by atoms with E-state index in [0.717, 1.165) is 46.6 Å². The van der Waals surface area contributed by atoms with Crippen LogP contribution < -0.4 is 0 Å². The molecule has 0 unspecified atom stereocenters. The van der Waals surface area contributed by atoms with Gasteiger partial charge in [-0.25, -0.2) is 4.79 Å². The van der Waals surface area contributed by atoms with Gasteiger partial charge in [-0.2, -0.15) is 5.26 Å². The van der Waals surface area contributed by atoms with Gasteiger partial charge in [-0.15, -0.1) is 11.3 Å². The number of rotatable bonds is 2. The van der Waals surface area contributed by atoms with Gasteiger partial charge >= 0.3 is 5.97 Å². The fourth-order valence-electron chi connectivity index (χ4n) is 3.13. The predicted molar refractivity (Wildman–Crippen MR) is 97.9 cm³/mol. The summed E-state index contributed by atoms with van der Waals surface area (Å²) in [6.07, 6.45) is 4.12. The summed E-state index contributed by atoms with van der Waals surface area (Å²) in [5.74, 6) is -0.634. The van der Waals surface area contributed by atoms with Crippen molar-refractivity contribution in [2.24, 2.45) is 0 Å². The van der Waals surface area contributed by atoms with Crippen molar-refractivity contribution < 1.29 is 14.6 Å². The van der Waals surface area contributed by atoms with Crippen LogP contribution in [0.25, 0.3) is 10.4 Å². The lowest BCUT2D eigenvalue weighted by molar-refractivity contribution is 0.00669. The smallest absolute Gasteiger partial charge is 0.342 e. The third-order valence-electron chi connectivity index (χ3n) is 4.20. The third-order valence-corrected chi connectivity index (χ3v) is 5.43. The monoisotopic (exact) mass is 355 g/mol. The summed E-state index contributed by atoms with van der Waals surface area (Å²) in [6.45, 7) is 5.37. The van der Waals surface area contributed by atoms with E-state index in [2.05, 4.69) is 6.07 Å². The second-order valence-electron chi connectivity index (χ2n) is 7.27. The van der Waals surface area contributed by atoms with Crippen LogP contribution >= 0.6 is 11.3 Å². The molecule has 0 aliphatic heterocycles. The molecular formula is C20H21NO3S. The molecule has 3 rings (SSSR count). The van der Waals surface area contributed by atoms with Crippen LogP contribution in [0, 0.1) is 11.3 Å². The zero-order chi connectivity index (χ0) is 18.2. The number of nitrogens with zero attached hydrogens (tertiary/aromatic N) is 1. The van der Waals surface area contributed by atoms with Crippen molar-refractivity contribution in [2.45, 2.75) is 52.1 Å². The molecule has 1 aliphatic rings. The number of benzene rings is 1. The molecule has 1 aliphatic carbocycles. The molecule has 1 aromatic carbocycles. The van der Waals surface area contributed by atoms with Gasteiger partial charge in [-0.05, 0) is 75.3 Å². The van der Waals surface area contributed by atoms with E-state index in [1.165, 1.54) is 16.9 Å². The van der Waals surface area contributed by atoms with Gasteiger partial charge in [0.15, 0.2) is 0 Å². The number of phenols is 1. The van der Waals surface area contributed by atoms with Gasteiger partial charge in [0.05, 0.1) is 0 Å². The van der Waals surface area contributed by atoms with Crippen LogP contribution in [0.3, 0.4) is 0 Å². The highest BCUT2D eigenvalue weighted by Crippen LogP contribution is 2.41. The second kappa shape index (κ2) is 6.53. The molecule has 4 nitrogen and oxygen atoms in total. The second-order valence-corrected chi connectivity index (χ2v) is 8.29.